The normalized spacial score (nSPS) is 9.62. The van der Waals surface area contributed by atoms with Gasteiger partial charge in [-0.15, -0.1) is 0 Å². The van der Waals surface area contributed by atoms with Crippen LogP contribution in [0.2, 0.25) is 0 Å². The first kappa shape index (κ1) is 9.92. The van der Waals surface area contributed by atoms with Crippen molar-refractivity contribution in [3.05, 3.63) is 23.9 Å². The molecule has 0 aliphatic heterocycles. The lowest BCUT2D eigenvalue weighted by Gasteiger charge is -2.04. The summed E-state index contributed by atoms with van der Waals surface area (Å²) in [6.07, 6.45) is 3.93. The second kappa shape index (κ2) is 4.77. The molecule has 0 amide bonds. The number of nitrogens with two attached hydrogens (primary N) is 1. The zero-order chi connectivity index (χ0) is 9.68. The van der Waals surface area contributed by atoms with Crippen molar-refractivity contribution in [3.8, 4) is 0 Å². The Labute approximate surface area is 83.4 Å². The number of hydrogen-bond donors (Lipinski definition) is 2. The lowest BCUT2D eigenvalue weighted by atomic mass is 10.1. The molecule has 0 aliphatic carbocycles. The molecule has 0 radical (unpaired) electrons. The van der Waals surface area contributed by atoms with Crippen LogP contribution in [0.15, 0.2) is 18.3 Å². The van der Waals surface area contributed by atoms with Gasteiger partial charge in [0.2, 0.25) is 0 Å². The van der Waals surface area contributed by atoms with Crippen LogP contribution in [0.25, 0.3) is 0 Å². The Hall–Kier alpha value is -1.16. The van der Waals surface area contributed by atoms with Gasteiger partial charge in [0.1, 0.15) is 5.82 Å². The van der Waals surface area contributed by atoms with Gasteiger partial charge >= 0.3 is 0 Å². The van der Waals surface area contributed by atoms with Crippen LogP contribution in [0.1, 0.15) is 18.9 Å². The molecule has 0 atom stereocenters. The first-order chi connectivity index (χ1) is 6.22. The van der Waals surface area contributed by atoms with Gasteiger partial charge in [-0.3, -0.25) is 0 Å². The molecule has 0 spiro atoms. The molecule has 3 N–H and O–H groups in total. The van der Waals surface area contributed by atoms with Crippen molar-refractivity contribution >= 4 is 23.1 Å². The SMILES string of the molecule is CCCc1ccnc(NC(N)=S)c1. The number of pyridine rings is 1. The van der Waals surface area contributed by atoms with E-state index in [1.54, 1.807) is 6.20 Å². The van der Waals surface area contributed by atoms with E-state index in [1.165, 1.54) is 5.56 Å². The van der Waals surface area contributed by atoms with Crippen molar-refractivity contribution in [1.29, 1.82) is 0 Å². The summed E-state index contributed by atoms with van der Waals surface area (Å²) in [5, 5.41) is 3.05. The van der Waals surface area contributed by atoms with Crippen molar-refractivity contribution in [2.45, 2.75) is 19.8 Å². The Bertz CT molecular complexity index is 299. The van der Waals surface area contributed by atoms with Gasteiger partial charge in [-0.25, -0.2) is 4.98 Å². The number of rotatable bonds is 3. The highest BCUT2D eigenvalue weighted by atomic mass is 32.1. The minimum absolute atomic E-state index is 0.251. The average molecular weight is 195 g/mol. The van der Waals surface area contributed by atoms with Gasteiger partial charge in [-0.05, 0) is 36.3 Å². The molecule has 0 aliphatic rings. The highest BCUT2D eigenvalue weighted by molar-refractivity contribution is 7.80. The Kier molecular flexibility index (Phi) is 3.64. The molecule has 1 aromatic rings. The molecule has 1 heterocycles. The highest BCUT2D eigenvalue weighted by Gasteiger charge is 1.96. The minimum Gasteiger partial charge on any atom is -0.376 e. The van der Waals surface area contributed by atoms with Crippen molar-refractivity contribution in [2.24, 2.45) is 5.73 Å². The number of nitrogens with one attached hydrogen (secondary N) is 1. The molecular formula is C9H13N3S. The Morgan fingerprint density at radius 1 is 1.69 bits per heavy atom. The summed E-state index contributed by atoms with van der Waals surface area (Å²) in [5.74, 6) is 0.721. The standard InChI is InChI=1S/C9H13N3S/c1-2-3-7-4-5-11-8(6-7)12-9(10)13/h4-6H,2-3H2,1H3,(H3,10,11,12,13). The van der Waals surface area contributed by atoms with Crippen molar-refractivity contribution < 1.29 is 0 Å². The molecule has 1 rings (SSSR count). The molecule has 0 bridgehead atoms. The van der Waals surface area contributed by atoms with Gasteiger partial charge in [0.15, 0.2) is 5.11 Å². The van der Waals surface area contributed by atoms with E-state index in [1.807, 2.05) is 12.1 Å². The summed E-state index contributed by atoms with van der Waals surface area (Å²) in [5.41, 5.74) is 6.58. The van der Waals surface area contributed by atoms with Gasteiger partial charge in [0.05, 0.1) is 0 Å². The molecule has 70 valence electrons. The maximum Gasteiger partial charge on any atom is 0.169 e. The van der Waals surface area contributed by atoms with Crippen LogP contribution >= 0.6 is 12.2 Å². The molecule has 0 fully saturated rings. The predicted molar refractivity (Wildman–Crippen MR) is 58.6 cm³/mol. The summed E-state index contributed by atoms with van der Waals surface area (Å²) in [6, 6.07) is 3.96. The number of aromatic nitrogens is 1. The number of aryl methyl sites for hydroxylation is 1. The largest absolute Gasteiger partial charge is 0.376 e. The molecule has 1 aromatic heterocycles. The lowest BCUT2D eigenvalue weighted by Crippen LogP contribution is -2.19. The third-order valence-corrected chi connectivity index (χ3v) is 1.72. The van der Waals surface area contributed by atoms with Crippen LogP contribution in [0.5, 0.6) is 0 Å². The number of nitrogens with zero attached hydrogens (tertiary/aromatic N) is 1. The second-order valence-corrected chi connectivity index (χ2v) is 3.23. The zero-order valence-electron chi connectivity index (χ0n) is 7.58. The van der Waals surface area contributed by atoms with Crippen molar-refractivity contribution in [2.75, 3.05) is 5.32 Å². The zero-order valence-corrected chi connectivity index (χ0v) is 8.40. The van der Waals surface area contributed by atoms with Crippen LogP contribution in [-0.2, 0) is 6.42 Å². The fourth-order valence-corrected chi connectivity index (χ4v) is 1.22. The van der Waals surface area contributed by atoms with E-state index in [-0.39, 0.29) is 5.11 Å². The number of hydrogen-bond acceptors (Lipinski definition) is 2. The topological polar surface area (TPSA) is 50.9 Å². The summed E-state index contributed by atoms with van der Waals surface area (Å²) < 4.78 is 0. The van der Waals surface area contributed by atoms with Gasteiger partial charge in [0.25, 0.3) is 0 Å². The molecular weight excluding hydrogens is 182 g/mol. The molecule has 13 heavy (non-hydrogen) atoms. The third kappa shape index (κ3) is 3.38. The van der Waals surface area contributed by atoms with Crippen molar-refractivity contribution in [3.63, 3.8) is 0 Å². The monoisotopic (exact) mass is 195 g/mol. The van der Waals surface area contributed by atoms with Crippen LogP contribution in [0, 0.1) is 0 Å². The van der Waals surface area contributed by atoms with Gasteiger partial charge in [-0.2, -0.15) is 0 Å². The molecule has 0 aromatic carbocycles. The molecule has 0 unspecified atom stereocenters. The number of thiocarbonyl (C=S) groups is 1. The minimum atomic E-state index is 0.251. The van der Waals surface area contributed by atoms with Crippen LogP contribution in [0.3, 0.4) is 0 Å². The summed E-state index contributed by atoms with van der Waals surface area (Å²) in [4.78, 5) is 4.08. The average Bonchev–Trinajstić information content (AvgIpc) is 2.04. The summed E-state index contributed by atoms with van der Waals surface area (Å²) in [6.45, 7) is 2.14. The van der Waals surface area contributed by atoms with E-state index < -0.39 is 0 Å². The summed E-state index contributed by atoms with van der Waals surface area (Å²) in [7, 11) is 0. The maximum absolute atomic E-state index is 5.33. The molecule has 3 nitrogen and oxygen atoms in total. The third-order valence-electron chi connectivity index (χ3n) is 1.61. The lowest BCUT2D eigenvalue weighted by molar-refractivity contribution is 0.919. The summed E-state index contributed by atoms with van der Waals surface area (Å²) >= 11 is 4.71. The molecule has 4 heteroatoms. The molecule has 0 saturated heterocycles. The quantitative estimate of drug-likeness (QED) is 0.721. The highest BCUT2D eigenvalue weighted by Crippen LogP contribution is 2.08. The van der Waals surface area contributed by atoms with E-state index in [2.05, 4.69) is 17.2 Å². The molecule has 0 saturated carbocycles. The number of anilines is 1. The maximum atomic E-state index is 5.33. The van der Waals surface area contributed by atoms with E-state index in [4.69, 9.17) is 18.0 Å². The van der Waals surface area contributed by atoms with Gasteiger partial charge in [0, 0.05) is 6.20 Å². The van der Waals surface area contributed by atoms with E-state index in [0.29, 0.717) is 0 Å². The Morgan fingerprint density at radius 3 is 3.08 bits per heavy atom. The Morgan fingerprint density at radius 2 is 2.46 bits per heavy atom. The van der Waals surface area contributed by atoms with Gasteiger partial charge in [-0.1, -0.05) is 13.3 Å². The van der Waals surface area contributed by atoms with Crippen molar-refractivity contribution in [1.82, 2.24) is 4.98 Å². The first-order valence-electron chi connectivity index (χ1n) is 4.23. The fourth-order valence-electron chi connectivity index (χ4n) is 1.11. The smallest absolute Gasteiger partial charge is 0.169 e. The first-order valence-corrected chi connectivity index (χ1v) is 4.64. The van der Waals surface area contributed by atoms with E-state index in [9.17, 15) is 0 Å². The van der Waals surface area contributed by atoms with E-state index >= 15 is 0 Å². The van der Waals surface area contributed by atoms with Crippen LogP contribution < -0.4 is 11.1 Å². The Balaban J connectivity index is 2.73. The second-order valence-electron chi connectivity index (χ2n) is 2.79. The van der Waals surface area contributed by atoms with Gasteiger partial charge < -0.3 is 11.1 Å². The fraction of sp³-hybridized carbons (Fsp3) is 0.333. The van der Waals surface area contributed by atoms with Crippen LogP contribution in [-0.4, -0.2) is 10.1 Å². The van der Waals surface area contributed by atoms with E-state index in [0.717, 1.165) is 18.7 Å². The predicted octanol–water partition coefficient (Wildman–Crippen LogP) is 1.69. The van der Waals surface area contributed by atoms with Crippen LogP contribution in [0.4, 0.5) is 5.82 Å².